The molecule has 1 fully saturated rings. The molecule has 1 saturated heterocycles. The zero-order valence-electron chi connectivity index (χ0n) is 25.5. The smallest absolute Gasteiger partial charge is 0.409 e. The third-order valence-electron chi connectivity index (χ3n) is 7.69. The van der Waals surface area contributed by atoms with Crippen LogP contribution in [0.2, 0.25) is 0 Å². The Morgan fingerprint density at radius 3 is 2.30 bits per heavy atom. The molecule has 4 rings (SSSR count). The number of benzene rings is 3. The van der Waals surface area contributed by atoms with Crippen LogP contribution in [0.1, 0.15) is 60.3 Å². The van der Waals surface area contributed by atoms with E-state index in [1.165, 1.54) is 69.4 Å². The van der Waals surface area contributed by atoms with Crippen LogP contribution in [0.4, 0.5) is 25.0 Å². The average molecular weight is 661 g/mol. The maximum absolute atomic E-state index is 15.1. The molecule has 0 radical (unpaired) electrons. The maximum Gasteiger partial charge on any atom is 0.409 e. The zero-order chi connectivity index (χ0) is 33.9. The van der Waals surface area contributed by atoms with Gasteiger partial charge in [0.2, 0.25) is 5.91 Å². The predicted octanol–water partition coefficient (Wildman–Crippen LogP) is 4.87. The van der Waals surface area contributed by atoms with E-state index >= 15 is 4.39 Å². The van der Waals surface area contributed by atoms with E-state index < -0.39 is 68.0 Å². The van der Waals surface area contributed by atoms with Gasteiger partial charge in [-0.25, -0.2) is 22.0 Å². The van der Waals surface area contributed by atoms with E-state index in [1.54, 1.807) is 0 Å². The summed E-state index contributed by atoms with van der Waals surface area (Å²) < 4.78 is 66.9. The van der Waals surface area contributed by atoms with Crippen LogP contribution in [0.3, 0.4) is 0 Å². The molecule has 1 aliphatic rings. The van der Waals surface area contributed by atoms with Crippen LogP contribution in [0, 0.1) is 11.6 Å². The van der Waals surface area contributed by atoms with Crippen molar-refractivity contribution in [2.75, 3.05) is 31.4 Å². The lowest BCUT2D eigenvalue weighted by atomic mass is 10.00. The standard InChI is InChI=1S/C31H34F2N4O8S/c1-16(2)46(42,43)27-10-8-18(35-31(40)41)13-20(27)24-6-5-11-37(24)30(39)28(17-7-9-25(44-3)26(12-17)45-4)36-23-14-19(29(34)38)21(32)15-22(23)33/h7-10,12-16,24,28,35-36H,5-6,11H2,1-4H3,(H2,34,38)(H,40,41)/t24-,28+/m1/s1. The second kappa shape index (κ2) is 13.6. The number of hydrogen-bond donors (Lipinski definition) is 4. The zero-order valence-corrected chi connectivity index (χ0v) is 26.3. The van der Waals surface area contributed by atoms with Crippen molar-refractivity contribution in [2.24, 2.45) is 5.73 Å². The monoisotopic (exact) mass is 660 g/mol. The summed E-state index contributed by atoms with van der Waals surface area (Å²) in [5.41, 5.74) is 4.86. The van der Waals surface area contributed by atoms with E-state index in [0.29, 0.717) is 24.7 Å². The van der Waals surface area contributed by atoms with Crippen molar-refractivity contribution in [3.05, 3.63) is 76.9 Å². The molecule has 1 aliphatic heterocycles. The molecule has 0 spiro atoms. The summed E-state index contributed by atoms with van der Waals surface area (Å²) >= 11 is 0. The van der Waals surface area contributed by atoms with Gasteiger partial charge in [0.15, 0.2) is 21.3 Å². The number of primary amides is 1. The van der Waals surface area contributed by atoms with Gasteiger partial charge in [-0.05, 0) is 74.2 Å². The number of halogens is 2. The third kappa shape index (κ3) is 6.83. The molecule has 2 atom stereocenters. The van der Waals surface area contributed by atoms with Crippen LogP contribution < -0.4 is 25.8 Å². The number of carboxylic acid groups (broad SMARTS) is 1. The van der Waals surface area contributed by atoms with Gasteiger partial charge in [-0.2, -0.15) is 0 Å². The summed E-state index contributed by atoms with van der Waals surface area (Å²) in [7, 11) is -1.08. The first kappa shape index (κ1) is 34.0. The molecule has 0 aliphatic carbocycles. The molecule has 0 saturated carbocycles. The van der Waals surface area contributed by atoms with Crippen molar-refractivity contribution in [1.82, 2.24) is 4.90 Å². The highest BCUT2D eigenvalue weighted by atomic mass is 32.2. The van der Waals surface area contributed by atoms with Gasteiger partial charge in [-0.1, -0.05) is 6.07 Å². The van der Waals surface area contributed by atoms with E-state index in [-0.39, 0.29) is 34.0 Å². The van der Waals surface area contributed by atoms with Crippen LogP contribution >= 0.6 is 0 Å². The number of nitrogens with two attached hydrogens (primary N) is 1. The molecule has 3 aromatic rings. The number of amides is 3. The number of carbonyl (C=O) groups excluding carboxylic acids is 2. The number of sulfone groups is 1. The van der Waals surface area contributed by atoms with Gasteiger partial charge in [0.25, 0.3) is 5.91 Å². The number of hydrogen-bond acceptors (Lipinski definition) is 8. The Morgan fingerprint density at radius 1 is 1.00 bits per heavy atom. The Kier molecular flexibility index (Phi) is 10.0. The predicted molar refractivity (Wildman–Crippen MR) is 165 cm³/mol. The molecule has 3 aromatic carbocycles. The number of rotatable bonds is 11. The lowest BCUT2D eigenvalue weighted by molar-refractivity contribution is -0.133. The largest absolute Gasteiger partial charge is 0.493 e. The number of anilines is 2. The molecular weight excluding hydrogens is 626 g/mol. The fourth-order valence-electron chi connectivity index (χ4n) is 5.37. The van der Waals surface area contributed by atoms with Crippen molar-refractivity contribution in [3.8, 4) is 11.5 Å². The SMILES string of the molecule is COc1ccc([C@H](Nc2cc(C(N)=O)c(F)cc2F)C(=O)N2CCC[C@@H]2c2cc(NC(=O)O)ccc2S(=O)(=O)C(C)C)cc1OC. The van der Waals surface area contributed by atoms with Crippen LogP contribution in [0.15, 0.2) is 53.4 Å². The molecule has 46 heavy (non-hydrogen) atoms. The molecule has 0 aromatic heterocycles. The highest BCUT2D eigenvalue weighted by Crippen LogP contribution is 2.41. The molecule has 246 valence electrons. The van der Waals surface area contributed by atoms with Gasteiger partial charge in [0.05, 0.1) is 41.7 Å². The van der Waals surface area contributed by atoms with Crippen LogP contribution in [-0.2, 0) is 14.6 Å². The highest BCUT2D eigenvalue weighted by Gasteiger charge is 2.38. The van der Waals surface area contributed by atoms with Gasteiger partial charge in [-0.15, -0.1) is 0 Å². The van der Waals surface area contributed by atoms with Crippen molar-refractivity contribution >= 4 is 39.1 Å². The van der Waals surface area contributed by atoms with E-state index in [4.69, 9.17) is 15.2 Å². The first-order valence-corrected chi connectivity index (χ1v) is 15.7. The topological polar surface area (TPSA) is 177 Å². The lowest BCUT2D eigenvalue weighted by Gasteiger charge is -2.32. The van der Waals surface area contributed by atoms with Gasteiger partial charge in [-0.3, -0.25) is 14.9 Å². The summed E-state index contributed by atoms with van der Waals surface area (Å²) in [6.45, 7) is 3.19. The molecule has 3 amide bonds. The Morgan fingerprint density at radius 2 is 1.70 bits per heavy atom. The van der Waals surface area contributed by atoms with E-state index in [1.807, 2.05) is 0 Å². The average Bonchev–Trinajstić information content (AvgIpc) is 3.49. The van der Waals surface area contributed by atoms with E-state index in [2.05, 4.69) is 10.6 Å². The third-order valence-corrected chi connectivity index (χ3v) is 9.92. The minimum Gasteiger partial charge on any atom is -0.493 e. The Labute approximate surface area is 264 Å². The summed E-state index contributed by atoms with van der Waals surface area (Å²) in [6, 6.07) is 7.72. The van der Waals surface area contributed by atoms with Crippen molar-refractivity contribution in [2.45, 2.75) is 48.9 Å². The molecule has 0 unspecified atom stereocenters. The quantitative estimate of drug-likeness (QED) is 0.223. The Bertz CT molecular complexity index is 1780. The van der Waals surface area contributed by atoms with Gasteiger partial charge < -0.3 is 30.5 Å². The second-order valence-electron chi connectivity index (χ2n) is 10.8. The molecule has 0 bridgehead atoms. The number of nitrogens with zero attached hydrogens (tertiary/aromatic N) is 1. The molecule has 5 N–H and O–H groups in total. The molecule has 1 heterocycles. The van der Waals surface area contributed by atoms with Gasteiger partial charge >= 0.3 is 6.09 Å². The minimum atomic E-state index is -3.89. The second-order valence-corrected chi connectivity index (χ2v) is 13.3. The van der Waals surface area contributed by atoms with Crippen molar-refractivity contribution in [1.29, 1.82) is 0 Å². The highest BCUT2D eigenvalue weighted by molar-refractivity contribution is 7.92. The normalized spacial score (nSPS) is 15.4. The summed E-state index contributed by atoms with van der Waals surface area (Å²) in [4.78, 5) is 39.1. The summed E-state index contributed by atoms with van der Waals surface area (Å²) in [5, 5.41) is 13.5. The number of likely N-dealkylation sites (tertiary alicyclic amines) is 1. The summed E-state index contributed by atoms with van der Waals surface area (Å²) in [5.74, 6) is -3.47. The van der Waals surface area contributed by atoms with Crippen LogP contribution in [-0.4, -0.2) is 62.3 Å². The molecular formula is C31H34F2N4O8S. The number of carbonyl (C=O) groups is 3. The summed E-state index contributed by atoms with van der Waals surface area (Å²) in [6.07, 6.45) is -0.568. The lowest BCUT2D eigenvalue weighted by Crippen LogP contribution is -2.38. The Hall–Kier alpha value is -4.92. The first-order valence-electron chi connectivity index (χ1n) is 14.1. The number of nitrogens with one attached hydrogen (secondary N) is 2. The fourth-order valence-corrected chi connectivity index (χ4v) is 6.66. The number of ether oxygens (including phenoxy) is 2. The number of methoxy groups -OCH3 is 2. The fraction of sp³-hybridized carbons (Fsp3) is 0.323. The Balaban J connectivity index is 1.87. The van der Waals surface area contributed by atoms with E-state index in [9.17, 15) is 32.3 Å². The van der Waals surface area contributed by atoms with Crippen molar-refractivity contribution in [3.63, 3.8) is 0 Å². The molecule has 12 nitrogen and oxygen atoms in total. The van der Waals surface area contributed by atoms with Gasteiger partial charge in [0.1, 0.15) is 17.7 Å². The van der Waals surface area contributed by atoms with Crippen molar-refractivity contribution < 1.29 is 46.2 Å². The van der Waals surface area contributed by atoms with E-state index in [0.717, 1.165) is 6.07 Å². The minimum absolute atomic E-state index is 0.0607. The maximum atomic E-state index is 15.1. The van der Waals surface area contributed by atoms with Crippen LogP contribution in [0.5, 0.6) is 11.5 Å². The first-order chi connectivity index (χ1) is 21.7. The van der Waals surface area contributed by atoms with Gasteiger partial charge in [0, 0.05) is 18.3 Å². The molecule has 15 heteroatoms. The van der Waals surface area contributed by atoms with Crippen LogP contribution in [0.25, 0.3) is 0 Å².